The van der Waals surface area contributed by atoms with E-state index in [1.54, 1.807) is 35.3 Å². The zero-order valence-corrected chi connectivity index (χ0v) is 15.9. The summed E-state index contributed by atoms with van der Waals surface area (Å²) in [5, 5.41) is 12.0. The molecule has 0 bridgehead atoms. The molecule has 0 spiro atoms. The van der Waals surface area contributed by atoms with Crippen LogP contribution in [0.1, 0.15) is 0 Å². The van der Waals surface area contributed by atoms with Gasteiger partial charge in [0.25, 0.3) is 10.0 Å². The number of rotatable bonds is 6. The fourth-order valence-corrected chi connectivity index (χ4v) is 3.53. The zero-order valence-electron chi connectivity index (χ0n) is 15.1. The van der Waals surface area contributed by atoms with E-state index in [-0.39, 0.29) is 11.6 Å². The summed E-state index contributed by atoms with van der Waals surface area (Å²) < 4.78 is 60.4. The largest absolute Gasteiger partial charge is 0.438 e. The normalized spacial score (nSPS) is 11.3. The van der Waals surface area contributed by atoms with E-state index < -0.39 is 26.6 Å². The second-order valence-corrected chi connectivity index (χ2v) is 7.67. The fourth-order valence-electron chi connectivity index (χ4n) is 2.46. The van der Waals surface area contributed by atoms with E-state index in [2.05, 4.69) is 20.0 Å². The first kappa shape index (κ1) is 19.5. The molecule has 0 fully saturated rings. The van der Waals surface area contributed by atoms with Gasteiger partial charge in [-0.25, -0.2) is 21.9 Å². The van der Waals surface area contributed by atoms with Crippen LogP contribution in [0.5, 0.6) is 11.6 Å². The van der Waals surface area contributed by atoms with Gasteiger partial charge in [0.05, 0.1) is 4.90 Å². The summed E-state index contributed by atoms with van der Waals surface area (Å²) in [4.78, 5) is -0.394. The van der Waals surface area contributed by atoms with E-state index in [9.17, 15) is 17.2 Å². The Labute approximate surface area is 169 Å². The third-order valence-corrected chi connectivity index (χ3v) is 5.27. The van der Waals surface area contributed by atoms with Crippen molar-refractivity contribution in [1.82, 2.24) is 20.0 Å². The van der Waals surface area contributed by atoms with Gasteiger partial charge in [-0.2, -0.15) is 5.10 Å². The van der Waals surface area contributed by atoms with Gasteiger partial charge in [-0.1, -0.05) is 0 Å². The number of nitrogens with zero attached hydrogens (tertiary/aromatic N) is 4. The average molecular weight is 429 g/mol. The molecule has 0 aliphatic carbocycles. The average Bonchev–Trinajstić information content (AvgIpc) is 3.27. The van der Waals surface area contributed by atoms with Crippen LogP contribution in [-0.2, 0) is 10.0 Å². The fraction of sp³-hybridized carbons (Fsp3) is 0. The Morgan fingerprint density at radius 3 is 2.37 bits per heavy atom. The minimum atomic E-state index is -4.08. The van der Waals surface area contributed by atoms with Crippen LogP contribution in [-0.4, -0.2) is 28.4 Å². The van der Waals surface area contributed by atoms with Gasteiger partial charge in [0.1, 0.15) is 5.75 Å². The first-order valence-corrected chi connectivity index (χ1v) is 9.98. The minimum absolute atomic E-state index is 0.215. The number of aromatic nitrogens is 4. The lowest BCUT2D eigenvalue weighted by molar-refractivity contribution is 0.454. The molecule has 11 heteroatoms. The quantitative estimate of drug-likeness (QED) is 0.503. The number of benzene rings is 2. The maximum absolute atomic E-state index is 13.3. The molecule has 0 saturated heterocycles. The summed E-state index contributed by atoms with van der Waals surface area (Å²) in [7, 11) is -4.08. The topological polar surface area (TPSA) is 99.0 Å². The van der Waals surface area contributed by atoms with Crippen molar-refractivity contribution < 1.29 is 21.9 Å². The van der Waals surface area contributed by atoms with Gasteiger partial charge in [-0.15, -0.1) is 10.2 Å². The molecule has 0 unspecified atom stereocenters. The number of hydrogen-bond acceptors (Lipinski definition) is 6. The summed E-state index contributed by atoms with van der Waals surface area (Å²) in [5.74, 6) is -1.22. The first-order chi connectivity index (χ1) is 14.4. The van der Waals surface area contributed by atoms with Crippen molar-refractivity contribution in [2.24, 2.45) is 0 Å². The number of sulfonamides is 1. The van der Waals surface area contributed by atoms with Gasteiger partial charge in [0.15, 0.2) is 17.5 Å². The third-order valence-electron chi connectivity index (χ3n) is 3.90. The monoisotopic (exact) mass is 429 g/mol. The molecular formula is C19H13F2N5O3S. The molecule has 4 aromatic rings. The van der Waals surface area contributed by atoms with E-state index in [4.69, 9.17) is 4.74 Å². The Morgan fingerprint density at radius 2 is 1.73 bits per heavy atom. The standard InChI is InChI=1S/C19H13F2N5O3S/c20-16-7-6-15(12-17(16)21)30(27,28)25-13-2-4-14(5-3-13)29-19-9-8-18(23-24-19)26-11-1-10-22-26/h1-12,25H. The van der Waals surface area contributed by atoms with Crippen LogP contribution >= 0.6 is 0 Å². The number of hydrogen-bond donors (Lipinski definition) is 1. The maximum atomic E-state index is 13.3. The summed E-state index contributed by atoms with van der Waals surface area (Å²) >= 11 is 0. The Hall–Kier alpha value is -3.86. The predicted molar refractivity (Wildman–Crippen MR) is 103 cm³/mol. The molecule has 30 heavy (non-hydrogen) atoms. The van der Waals surface area contributed by atoms with Gasteiger partial charge < -0.3 is 4.74 Å². The van der Waals surface area contributed by atoms with Crippen LogP contribution in [0.2, 0.25) is 0 Å². The molecule has 0 aliphatic rings. The molecule has 8 nitrogen and oxygen atoms in total. The van der Waals surface area contributed by atoms with Crippen LogP contribution in [0, 0.1) is 11.6 Å². The van der Waals surface area contributed by atoms with Gasteiger partial charge in [-0.05, 0) is 54.6 Å². The smallest absolute Gasteiger partial charge is 0.261 e. The van der Waals surface area contributed by atoms with Crippen LogP contribution in [0.3, 0.4) is 0 Å². The summed E-state index contributed by atoms with van der Waals surface area (Å²) in [6.07, 6.45) is 3.35. The van der Waals surface area contributed by atoms with E-state index in [1.807, 2.05) is 0 Å². The highest BCUT2D eigenvalue weighted by Crippen LogP contribution is 2.23. The Bertz CT molecular complexity index is 1260. The van der Waals surface area contributed by atoms with Crippen LogP contribution in [0.15, 0.2) is 78.0 Å². The molecule has 0 amide bonds. The van der Waals surface area contributed by atoms with Crippen molar-refractivity contribution in [1.29, 1.82) is 0 Å². The van der Waals surface area contributed by atoms with Crippen molar-refractivity contribution in [3.63, 3.8) is 0 Å². The lowest BCUT2D eigenvalue weighted by atomic mass is 10.3. The highest BCUT2D eigenvalue weighted by atomic mass is 32.2. The second-order valence-electron chi connectivity index (χ2n) is 5.99. The molecule has 1 N–H and O–H groups in total. The van der Waals surface area contributed by atoms with E-state index in [1.165, 1.54) is 24.3 Å². The van der Waals surface area contributed by atoms with E-state index >= 15 is 0 Å². The van der Waals surface area contributed by atoms with Crippen molar-refractivity contribution in [3.8, 4) is 17.4 Å². The minimum Gasteiger partial charge on any atom is -0.438 e. The molecule has 0 saturated carbocycles. The number of halogens is 2. The maximum Gasteiger partial charge on any atom is 0.261 e. The Kier molecular flexibility index (Phi) is 5.11. The SMILES string of the molecule is O=S(=O)(Nc1ccc(Oc2ccc(-n3cccn3)nn2)cc1)c1ccc(F)c(F)c1. The molecule has 2 aromatic heterocycles. The molecule has 0 radical (unpaired) electrons. The predicted octanol–water partition coefficient (Wildman–Crippen LogP) is 3.53. The third kappa shape index (κ3) is 4.25. The molecule has 0 atom stereocenters. The molecule has 4 rings (SSSR count). The van der Waals surface area contributed by atoms with Crippen molar-refractivity contribution in [2.75, 3.05) is 4.72 Å². The summed E-state index contributed by atoms with van der Waals surface area (Å²) in [6, 6.07) is 13.3. The van der Waals surface area contributed by atoms with Gasteiger partial charge >= 0.3 is 0 Å². The molecule has 2 heterocycles. The highest BCUT2D eigenvalue weighted by Gasteiger charge is 2.16. The first-order valence-electron chi connectivity index (χ1n) is 8.50. The molecule has 2 aromatic carbocycles. The molecular weight excluding hydrogens is 416 g/mol. The Morgan fingerprint density at radius 1 is 0.933 bits per heavy atom. The van der Waals surface area contributed by atoms with Gasteiger partial charge in [-0.3, -0.25) is 4.72 Å². The van der Waals surface area contributed by atoms with Crippen LogP contribution in [0.4, 0.5) is 14.5 Å². The zero-order chi connectivity index (χ0) is 21.1. The summed E-state index contributed by atoms with van der Waals surface area (Å²) in [5.41, 5.74) is 0.215. The number of anilines is 1. The van der Waals surface area contributed by atoms with Gasteiger partial charge in [0.2, 0.25) is 5.88 Å². The van der Waals surface area contributed by atoms with E-state index in [0.29, 0.717) is 17.6 Å². The van der Waals surface area contributed by atoms with Gasteiger partial charge in [0, 0.05) is 24.1 Å². The van der Waals surface area contributed by atoms with Crippen molar-refractivity contribution >= 4 is 15.7 Å². The van der Waals surface area contributed by atoms with Crippen molar-refractivity contribution in [3.05, 3.63) is 84.7 Å². The number of ether oxygens (including phenoxy) is 1. The Balaban J connectivity index is 1.44. The molecule has 0 aliphatic heterocycles. The lowest BCUT2D eigenvalue weighted by Gasteiger charge is -2.09. The lowest BCUT2D eigenvalue weighted by Crippen LogP contribution is -2.13. The van der Waals surface area contributed by atoms with Crippen molar-refractivity contribution in [2.45, 2.75) is 4.90 Å². The number of nitrogens with one attached hydrogen (secondary N) is 1. The van der Waals surface area contributed by atoms with Crippen LogP contribution < -0.4 is 9.46 Å². The van der Waals surface area contributed by atoms with Crippen LogP contribution in [0.25, 0.3) is 5.82 Å². The second kappa shape index (κ2) is 7.87. The summed E-state index contributed by atoms with van der Waals surface area (Å²) in [6.45, 7) is 0. The van der Waals surface area contributed by atoms with E-state index in [0.717, 1.165) is 12.1 Å². The molecule has 152 valence electrons. The highest BCUT2D eigenvalue weighted by molar-refractivity contribution is 7.92.